The van der Waals surface area contributed by atoms with Crippen molar-refractivity contribution in [2.45, 2.75) is 38.0 Å². The highest BCUT2D eigenvalue weighted by atomic mass is 32.2. The van der Waals surface area contributed by atoms with Gasteiger partial charge in [0.15, 0.2) is 0 Å². The van der Waals surface area contributed by atoms with Gasteiger partial charge in [-0.25, -0.2) is 13.2 Å². The molecule has 0 radical (unpaired) electrons. The average Bonchev–Trinajstić information content (AvgIpc) is 2.89. The number of rotatable bonds is 12. The van der Waals surface area contributed by atoms with Crippen molar-refractivity contribution in [2.24, 2.45) is 0 Å². The van der Waals surface area contributed by atoms with Gasteiger partial charge in [-0.15, -0.1) is 0 Å². The van der Waals surface area contributed by atoms with E-state index in [0.29, 0.717) is 24.4 Å². The lowest BCUT2D eigenvalue weighted by molar-refractivity contribution is 0.0378. The summed E-state index contributed by atoms with van der Waals surface area (Å²) in [6, 6.07) is 10.0. The van der Waals surface area contributed by atoms with Crippen LogP contribution in [-0.4, -0.2) is 65.8 Å². The number of anilines is 1. The maximum Gasteiger partial charge on any atom is 0.361 e. The lowest BCUT2D eigenvalue weighted by atomic mass is 10.0. The minimum absolute atomic E-state index is 0.00741. The normalized spacial score (nSPS) is 14.5. The number of aryl methyl sites for hydroxylation is 2. The zero-order valence-corrected chi connectivity index (χ0v) is 21.4. The SMILES string of the molecule is CCc1cc(CC)c(OC)c(C(=O)ONS(=O)(=O)c2cccc(NCCCN3CCOCC3)c2)c1. The summed E-state index contributed by atoms with van der Waals surface area (Å²) in [4.78, 5) is 22.1. The van der Waals surface area contributed by atoms with Gasteiger partial charge in [-0.2, -0.15) is 0 Å². The summed E-state index contributed by atoms with van der Waals surface area (Å²) in [6.45, 7) is 8.99. The Bertz CT molecular complexity index is 1100. The summed E-state index contributed by atoms with van der Waals surface area (Å²) >= 11 is 0. The molecule has 1 heterocycles. The van der Waals surface area contributed by atoms with E-state index in [9.17, 15) is 13.2 Å². The van der Waals surface area contributed by atoms with Gasteiger partial charge in [0.2, 0.25) is 0 Å². The first-order chi connectivity index (χ1) is 16.9. The van der Waals surface area contributed by atoms with Crippen molar-refractivity contribution in [3.8, 4) is 5.75 Å². The molecule has 1 saturated heterocycles. The number of nitrogens with one attached hydrogen (secondary N) is 2. The van der Waals surface area contributed by atoms with Gasteiger partial charge < -0.3 is 19.6 Å². The maximum absolute atomic E-state index is 12.8. The molecule has 0 bridgehead atoms. The number of ether oxygens (including phenoxy) is 2. The highest BCUT2D eigenvalue weighted by molar-refractivity contribution is 7.89. The molecule has 0 aromatic heterocycles. The number of morpholine rings is 1. The van der Waals surface area contributed by atoms with Crippen molar-refractivity contribution in [2.75, 3.05) is 51.8 Å². The molecule has 2 aromatic carbocycles. The molecule has 1 aliphatic rings. The van der Waals surface area contributed by atoms with Crippen molar-refractivity contribution < 1.29 is 27.5 Å². The van der Waals surface area contributed by atoms with Crippen molar-refractivity contribution in [3.63, 3.8) is 0 Å². The van der Waals surface area contributed by atoms with Crippen LogP contribution in [0.5, 0.6) is 5.75 Å². The first kappa shape index (κ1) is 26.9. The summed E-state index contributed by atoms with van der Waals surface area (Å²) in [6.07, 6.45) is 2.30. The summed E-state index contributed by atoms with van der Waals surface area (Å²) in [5.74, 6) is -0.440. The van der Waals surface area contributed by atoms with E-state index in [1.807, 2.05) is 24.8 Å². The second-order valence-electron chi connectivity index (χ2n) is 8.28. The largest absolute Gasteiger partial charge is 0.496 e. The fourth-order valence-electron chi connectivity index (χ4n) is 3.94. The van der Waals surface area contributed by atoms with Crippen molar-refractivity contribution >= 4 is 21.7 Å². The van der Waals surface area contributed by atoms with Crippen LogP contribution in [0.25, 0.3) is 0 Å². The molecule has 0 aliphatic carbocycles. The van der Waals surface area contributed by atoms with E-state index in [-0.39, 0.29) is 10.5 Å². The van der Waals surface area contributed by atoms with Gasteiger partial charge in [0.1, 0.15) is 11.3 Å². The highest BCUT2D eigenvalue weighted by Gasteiger charge is 2.22. The lowest BCUT2D eigenvalue weighted by Crippen LogP contribution is -2.37. The number of sulfonamides is 1. The Kier molecular flexibility index (Phi) is 9.91. The zero-order chi connectivity index (χ0) is 25.3. The second-order valence-corrected chi connectivity index (χ2v) is 9.93. The smallest absolute Gasteiger partial charge is 0.361 e. The molecule has 0 atom stereocenters. The van der Waals surface area contributed by atoms with Crippen LogP contribution in [0.3, 0.4) is 0 Å². The van der Waals surface area contributed by atoms with E-state index in [4.69, 9.17) is 14.3 Å². The molecule has 9 nitrogen and oxygen atoms in total. The van der Waals surface area contributed by atoms with Crippen LogP contribution >= 0.6 is 0 Å². The van der Waals surface area contributed by atoms with Crippen molar-refractivity contribution in [3.05, 3.63) is 53.1 Å². The molecule has 3 rings (SSSR count). The standard InChI is InChI=1S/C25H35N3O6S/c1-4-19-16-20(5-2)24(32-3)23(17-19)25(29)34-27-35(30,31)22-9-6-8-21(18-22)26-10-7-11-28-12-14-33-15-13-28/h6,8-9,16-18,26-27H,4-5,7,10-15H2,1-3H3. The third-order valence-corrected chi connectivity index (χ3v) is 7.09. The molecule has 2 aromatic rings. The van der Waals surface area contributed by atoms with E-state index in [1.165, 1.54) is 19.2 Å². The lowest BCUT2D eigenvalue weighted by Gasteiger charge is -2.26. The predicted molar refractivity (Wildman–Crippen MR) is 134 cm³/mol. The minimum Gasteiger partial charge on any atom is -0.496 e. The number of hydrogen-bond donors (Lipinski definition) is 2. The molecule has 0 saturated carbocycles. The van der Waals surface area contributed by atoms with Gasteiger partial charge in [0.05, 0.1) is 25.2 Å². The van der Waals surface area contributed by atoms with Gasteiger partial charge in [-0.05, 0) is 66.1 Å². The third kappa shape index (κ3) is 7.41. The summed E-state index contributed by atoms with van der Waals surface area (Å²) < 4.78 is 36.3. The van der Waals surface area contributed by atoms with Crippen LogP contribution in [-0.2, 0) is 32.4 Å². The van der Waals surface area contributed by atoms with Gasteiger partial charge in [0, 0.05) is 25.3 Å². The third-order valence-electron chi connectivity index (χ3n) is 5.91. The van der Waals surface area contributed by atoms with Gasteiger partial charge in [0.25, 0.3) is 10.0 Å². The van der Waals surface area contributed by atoms with Crippen LogP contribution in [0, 0.1) is 0 Å². The Morgan fingerprint density at radius 3 is 2.57 bits per heavy atom. The van der Waals surface area contributed by atoms with Crippen molar-refractivity contribution in [1.29, 1.82) is 0 Å². The number of carbonyl (C=O) groups is 1. The van der Waals surface area contributed by atoms with Gasteiger partial charge >= 0.3 is 5.97 Å². The molecular weight excluding hydrogens is 470 g/mol. The molecule has 0 amide bonds. The van der Waals surface area contributed by atoms with Crippen LogP contribution in [0.4, 0.5) is 5.69 Å². The number of carbonyl (C=O) groups excluding carboxylic acids is 1. The van der Waals surface area contributed by atoms with E-state index in [2.05, 4.69) is 10.2 Å². The quantitative estimate of drug-likeness (QED) is 0.335. The molecule has 35 heavy (non-hydrogen) atoms. The Hall–Kier alpha value is -2.66. The maximum atomic E-state index is 12.8. The number of methoxy groups -OCH3 is 1. The fourth-order valence-corrected chi connectivity index (χ4v) is 4.76. The number of benzene rings is 2. The van der Waals surface area contributed by atoms with E-state index in [1.54, 1.807) is 18.2 Å². The van der Waals surface area contributed by atoms with Gasteiger partial charge in [-0.3, -0.25) is 4.90 Å². The van der Waals surface area contributed by atoms with Crippen LogP contribution in [0.2, 0.25) is 0 Å². The summed E-state index contributed by atoms with van der Waals surface area (Å²) in [5.41, 5.74) is 2.65. The van der Waals surface area contributed by atoms with Crippen LogP contribution in [0.1, 0.15) is 41.8 Å². The molecule has 0 spiro atoms. The first-order valence-corrected chi connectivity index (χ1v) is 13.4. The Labute approximate surface area is 207 Å². The van der Waals surface area contributed by atoms with E-state index >= 15 is 0 Å². The molecule has 1 fully saturated rings. The summed E-state index contributed by atoms with van der Waals surface area (Å²) in [7, 11) is -2.61. The zero-order valence-electron chi connectivity index (χ0n) is 20.6. The average molecular weight is 506 g/mol. The molecule has 2 N–H and O–H groups in total. The summed E-state index contributed by atoms with van der Waals surface area (Å²) in [5, 5.41) is 3.25. The minimum atomic E-state index is -4.08. The molecule has 10 heteroatoms. The Morgan fingerprint density at radius 2 is 1.89 bits per heavy atom. The molecule has 192 valence electrons. The number of hydrogen-bond acceptors (Lipinski definition) is 8. The predicted octanol–water partition coefficient (Wildman–Crippen LogP) is 3.00. The first-order valence-electron chi connectivity index (χ1n) is 11.9. The Balaban J connectivity index is 1.60. The topological polar surface area (TPSA) is 106 Å². The monoisotopic (exact) mass is 505 g/mol. The molecular formula is C25H35N3O6S. The van der Waals surface area contributed by atoms with E-state index in [0.717, 1.165) is 56.8 Å². The second kappa shape index (κ2) is 12.9. The fraction of sp³-hybridized carbons (Fsp3) is 0.480. The number of nitrogens with zero attached hydrogens (tertiary/aromatic N) is 1. The molecule has 0 unspecified atom stereocenters. The molecule has 1 aliphatic heterocycles. The van der Waals surface area contributed by atoms with E-state index < -0.39 is 16.0 Å². The van der Waals surface area contributed by atoms with Gasteiger partial charge in [-0.1, -0.05) is 26.0 Å². The van der Waals surface area contributed by atoms with Crippen LogP contribution < -0.4 is 14.9 Å². The highest BCUT2D eigenvalue weighted by Crippen LogP contribution is 2.27. The Morgan fingerprint density at radius 1 is 1.11 bits per heavy atom. The van der Waals surface area contributed by atoms with Crippen molar-refractivity contribution in [1.82, 2.24) is 9.79 Å². The van der Waals surface area contributed by atoms with Crippen LogP contribution in [0.15, 0.2) is 41.3 Å².